The van der Waals surface area contributed by atoms with E-state index in [1.54, 1.807) is 11.3 Å². The Kier molecular flexibility index (Phi) is 5.09. The number of hydrogen-bond acceptors (Lipinski definition) is 4. The first-order valence-electron chi connectivity index (χ1n) is 6.58. The van der Waals surface area contributed by atoms with Gasteiger partial charge in [0.15, 0.2) is 0 Å². The van der Waals surface area contributed by atoms with Gasteiger partial charge in [-0.3, -0.25) is 0 Å². The fourth-order valence-corrected chi connectivity index (χ4v) is 3.07. The summed E-state index contributed by atoms with van der Waals surface area (Å²) in [6.07, 6.45) is 1.78. The monoisotopic (exact) mass is 306 g/mol. The third kappa shape index (κ3) is 3.77. The van der Waals surface area contributed by atoms with Gasteiger partial charge in [0.2, 0.25) is 0 Å². The van der Waals surface area contributed by atoms with Gasteiger partial charge >= 0.3 is 0 Å². The van der Waals surface area contributed by atoms with E-state index in [4.69, 9.17) is 22.7 Å². The zero-order valence-electron chi connectivity index (χ0n) is 11.7. The Labute approximate surface area is 128 Å². The van der Waals surface area contributed by atoms with Crippen LogP contribution in [0.4, 0.5) is 0 Å². The zero-order chi connectivity index (χ0) is 14.5. The quantitative estimate of drug-likeness (QED) is 0.832. The van der Waals surface area contributed by atoms with E-state index in [-0.39, 0.29) is 0 Å². The van der Waals surface area contributed by atoms with E-state index in [2.05, 4.69) is 24.0 Å². The summed E-state index contributed by atoms with van der Waals surface area (Å²) in [6.45, 7) is 4.67. The highest BCUT2D eigenvalue weighted by molar-refractivity contribution is 7.81. The van der Waals surface area contributed by atoms with Gasteiger partial charge in [0.05, 0.1) is 22.2 Å². The highest BCUT2D eigenvalue weighted by Gasteiger charge is 2.09. The molecule has 20 heavy (non-hydrogen) atoms. The van der Waals surface area contributed by atoms with Gasteiger partial charge in [0.25, 0.3) is 0 Å². The Balaban J connectivity index is 1.92. The maximum atomic E-state index is 5.76. The Bertz CT molecular complexity index is 608. The first-order valence-corrected chi connectivity index (χ1v) is 7.80. The SMILES string of the molecule is CCc1cccc(OCCc2nc(C)c(C(N)=S)s2)c1. The number of ether oxygens (including phenoxy) is 1. The number of hydrogen-bond donors (Lipinski definition) is 1. The maximum absolute atomic E-state index is 5.76. The van der Waals surface area contributed by atoms with Crippen molar-refractivity contribution in [2.75, 3.05) is 6.61 Å². The molecular weight excluding hydrogens is 288 g/mol. The number of rotatable bonds is 6. The van der Waals surface area contributed by atoms with E-state index in [1.807, 2.05) is 19.1 Å². The number of benzene rings is 1. The number of nitrogens with two attached hydrogens (primary N) is 1. The first kappa shape index (κ1) is 14.9. The van der Waals surface area contributed by atoms with Gasteiger partial charge in [-0.05, 0) is 31.0 Å². The molecule has 0 atom stereocenters. The highest BCUT2D eigenvalue weighted by atomic mass is 32.1. The Hall–Kier alpha value is -1.46. The van der Waals surface area contributed by atoms with Gasteiger partial charge in [0.1, 0.15) is 10.7 Å². The average Bonchev–Trinajstić information content (AvgIpc) is 2.80. The largest absolute Gasteiger partial charge is 0.493 e. The molecule has 1 aromatic heterocycles. The van der Waals surface area contributed by atoms with Crippen LogP contribution >= 0.6 is 23.6 Å². The van der Waals surface area contributed by atoms with E-state index in [0.29, 0.717) is 11.6 Å². The van der Waals surface area contributed by atoms with Crippen molar-refractivity contribution < 1.29 is 4.74 Å². The van der Waals surface area contributed by atoms with Gasteiger partial charge in [-0.2, -0.15) is 0 Å². The number of aryl methyl sites for hydroxylation is 2. The molecule has 0 saturated carbocycles. The van der Waals surface area contributed by atoms with Crippen LogP contribution in [0.5, 0.6) is 5.75 Å². The van der Waals surface area contributed by atoms with Crippen LogP contribution in [0, 0.1) is 6.92 Å². The summed E-state index contributed by atoms with van der Waals surface area (Å²) in [7, 11) is 0. The maximum Gasteiger partial charge on any atom is 0.119 e. The van der Waals surface area contributed by atoms with Crippen molar-refractivity contribution in [2.24, 2.45) is 5.73 Å². The average molecular weight is 306 g/mol. The molecule has 2 N–H and O–H groups in total. The molecule has 0 unspecified atom stereocenters. The topological polar surface area (TPSA) is 48.1 Å². The van der Waals surface area contributed by atoms with E-state index in [9.17, 15) is 0 Å². The van der Waals surface area contributed by atoms with Crippen LogP contribution in [0.25, 0.3) is 0 Å². The van der Waals surface area contributed by atoms with Crippen LogP contribution in [0.3, 0.4) is 0 Å². The van der Waals surface area contributed by atoms with Gasteiger partial charge in [0, 0.05) is 6.42 Å². The smallest absolute Gasteiger partial charge is 0.119 e. The molecule has 0 fully saturated rings. The van der Waals surface area contributed by atoms with Crippen molar-refractivity contribution in [3.63, 3.8) is 0 Å². The number of nitrogens with zero attached hydrogens (tertiary/aromatic N) is 1. The fraction of sp³-hybridized carbons (Fsp3) is 0.333. The summed E-state index contributed by atoms with van der Waals surface area (Å²) < 4.78 is 5.76. The van der Waals surface area contributed by atoms with Crippen LogP contribution < -0.4 is 10.5 Å². The minimum atomic E-state index is 0.419. The molecule has 106 valence electrons. The molecule has 3 nitrogen and oxygen atoms in total. The lowest BCUT2D eigenvalue weighted by Gasteiger charge is -2.06. The molecule has 2 aromatic rings. The van der Waals surface area contributed by atoms with Crippen molar-refractivity contribution in [3.8, 4) is 5.75 Å². The molecule has 0 saturated heterocycles. The van der Waals surface area contributed by atoms with E-state index in [0.717, 1.165) is 34.2 Å². The molecule has 1 heterocycles. The predicted octanol–water partition coefficient (Wildman–Crippen LogP) is 3.27. The Morgan fingerprint density at radius 3 is 2.90 bits per heavy atom. The molecule has 0 aliphatic rings. The van der Waals surface area contributed by atoms with Crippen molar-refractivity contribution in [2.45, 2.75) is 26.7 Å². The normalized spacial score (nSPS) is 10.5. The Morgan fingerprint density at radius 2 is 2.25 bits per heavy atom. The van der Waals surface area contributed by atoms with Gasteiger partial charge in [-0.25, -0.2) is 4.98 Å². The highest BCUT2D eigenvalue weighted by Crippen LogP contribution is 2.19. The minimum Gasteiger partial charge on any atom is -0.493 e. The Morgan fingerprint density at radius 1 is 1.45 bits per heavy atom. The van der Waals surface area contributed by atoms with Crippen LogP contribution in [-0.2, 0) is 12.8 Å². The molecule has 5 heteroatoms. The molecule has 0 aliphatic heterocycles. The molecule has 1 aromatic carbocycles. The third-order valence-corrected chi connectivity index (χ3v) is 4.54. The lowest BCUT2D eigenvalue weighted by atomic mass is 10.2. The molecule has 0 radical (unpaired) electrons. The number of aromatic nitrogens is 1. The van der Waals surface area contributed by atoms with E-state index >= 15 is 0 Å². The van der Waals surface area contributed by atoms with Crippen molar-refractivity contribution in [1.82, 2.24) is 4.98 Å². The summed E-state index contributed by atoms with van der Waals surface area (Å²) in [5, 5.41) is 1.01. The summed E-state index contributed by atoms with van der Waals surface area (Å²) in [5.41, 5.74) is 7.84. The number of thiazole rings is 1. The summed E-state index contributed by atoms with van der Waals surface area (Å²) >= 11 is 6.55. The predicted molar refractivity (Wildman–Crippen MR) is 87.8 cm³/mol. The van der Waals surface area contributed by atoms with Crippen molar-refractivity contribution in [1.29, 1.82) is 0 Å². The van der Waals surface area contributed by atoms with Crippen LogP contribution in [0.2, 0.25) is 0 Å². The first-order chi connectivity index (χ1) is 9.60. The number of thiocarbonyl (C=S) groups is 1. The zero-order valence-corrected chi connectivity index (χ0v) is 13.3. The lowest BCUT2D eigenvalue weighted by molar-refractivity contribution is 0.321. The second-order valence-electron chi connectivity index (χ2n) is 4.49. The second kappa shape index (κ2) is 6.81. The minimum absolute atomic E-state index is 0.419. The molecule has 0 spiro atoms. The fourth-order valence-electron chi connectivity index (χ4n) is 1.90. The van der Waals surface area contributed by atoms with Crippen molar-refractivity contribution >= 4 is 28.5 Å². The van der Waals surface area contributed by atoms with Crippen LogP contribution in [0.1, 0.15) is 28.1 Å². The van der Waals surface area contributed by atoms with Crippen molar-refractivity contribution in [3.05, 3.63) is 45.4 Å². The van der Waals surface area contributed by atoms with Gasteiger partial charge in [-0.1, -0.05) is 31.3 Å². The second-order valence-corrected chi connectivity index (χ2v) is 6.01. The van der Waals surface area contributed by atoms with Gasteiger partial charge < -0.3 is 10.5 Å². The third-order valence-electron chi connectivity index (χ3n) is 2.96. The summed E-state index contributed by atoms with van der Waals surface area (Å²) in [5.74, 6) is 0.909. The van der Waals surface area contributed by atoms with E-state index < -0.39 is 0 Å². The molecule has 0 bridgehead atoms. The molecule has 0 aliphatic carbocycles. The summed E-state index contributed by atoms with van der Waals surface area (Å²) in [6, 6.07) is 8.18. The van der Waals surface area contributed by atoms with Crippen LogP contribution in [-0.4, -0.2) is 16.6 Å². The molecule has 0 amide bonds. The lowest BCUT2D eigenvalue weighted by Crippen LogP contribution is -2.08. The molecular formula is C15H18N2OS2. The van der Waals surface area contributed by atoms with E-state index in [1.165, 1.54) is 5.56 Å². The van der Waals surface area contributed by atoms with Gasteiger partial charge in [-0.15, -0.1) is 11.3 Å². The summed E-state index contributed by atoms with van der Waals surface area (Å²) in [4.78, 5) is 5.79. The molecule has 2 rings (SSSR count). The standard InChI is InChI=1S/C15H18N2OS2/c1-3-11-5-4-6-12(9-11)18-8-7-13-17-10(2)14(20-13)15(16)19/h4-6,9H,3,7-8H2,1-2H3,(H2,16,19). The van der Waals surface area contributed by atoms with Crippen LogP contribution in [0.15, 0.2) is 24.3 Å².